The van der Waals surface area contributed by atoms with Crippen LogP contribution >= 0.6 is 0 Å². The van der Waals surface area contributed by atoms with Gasteiger partial charge < -0.3 is 10.2 Å². The third kappa shape index (κ3) is 1.77. The highest BCUT2D eigenvalue weighted by molar-refractivity contribution is 5.28. The Morgan fingerprint density at radius 2 is 1.88 bits per heavy atom. The predicted octanol–water partition coefficient (Wildman–Crippen LogP) is 2.89. The Morgan fingerprint density at radius 3 is 2.47 bits per heavy atom. The Bertz CT molecular complexity index is 343. The van der Waals surface area contributed by atoms with Gasteiger partial charge in [-0.3, -0.25) is 0 Å². The van der Waals surface area contributed by atoms with Crippen molar-refractivity contribution in [2.75, 3.05) is 6.61 Å². The summed E-state index contributed by atoms with van der Waals surface area (Å²) in [5.74, 6) is 0.490. The molecule has 0 aromatic heterocycles. The Morgan fingerprint density at radius 1 is 1.24 bits per heavy atom. The largest absolute Gasteiger partial charge is 0.393 e. The van der Waals surface area contributed by atoms with Crippen molar-refractivity contribution in [2.24, 2.45) is 16.7 Å². The summed E-state index contributed by atoms with van der Waals surface area (Å²) >= 11 is 0. The van der Waals surface area contributed by atoms with Gasteiger partial charge in [0, 0.05) is 0 Å². The van der Waals surface area contributed by atoms with E-state index in [1.807, 2.05) is 0 Å². The van der Waals surface area contributed by atoms with Crippen molar-refractivity contribution in [1.29, 1.82) is 0 Å². The fourth-order valence-electron chi connectivity index (χ4n) is 4.40. The first-order valence-corrected chi connectivity index (χ1v) is 6.82. The first kappa shape index (κ1) is 13.1. The summed E-state index contributed by atoms with van der Waals surface area (Å²) in [6.07, 6.45) is 3.90. The Balaban J connectivity index is 2.44. The van der Waals surface area contributed by atoms with Crippen LogP contribution in [0.15, 0.2) is 11.1 Å². The third-order valence-electron chi connectivity index (χ3n) is 5.63. The molecule has 0 spiro atoms. The minimum absolute atomic E-state index is 0.0336. The van der Waals surface area contributed by atoms with Gasteiger partial charge in [0.2, 0.25) is 0 Å². The molecule has 0 heterocycles. The van der Waals surface area contributed by atoms with Crippen molar-refractivity contribution >= 4 is 0 Å². The molecule has 0 radical (unpaired) electrons. The molecule has 2 aliphatic carbocycles. The van der Waals surface area contributed by atoms with E-state index in [0.29, 0.717) is 5.92 Å². The van der Waals surface area contributed by atoms with E-state index < -0.39 is 0 Å². The van der Waals surface area contributed by atoms with Crippen molar-refractivity contribution in [3.05, 3.63) is 11.1 Å². The molecule has 0 saturated heterocycles. The summed E-state index contributed by atoms with van der Waals surface area (Å²) in [5, 5.41) is 19.9. The van der Waals surface area contributed by atoms with Gasteiger partial charge >= 0.3 is 0 Å². The van der Waals surface area contributed by atoms with Crippen LogP contribution in [0.2, 0.25) is 0 Å². The van der Waals surface area contributed by atoms with Crippen LogP contribution in [0.5, 0.6) is 0 Å². The smallest absolute Gasteiger partial charge is 0.0649 e. The summed E-state index contributed by atoms with van der Waals surface area (Å²) in [7, 11) is 0. The number of aliphatic hydroxyl groups excluding tert-OH is 2. The zero-order chi connectivity index (χ0) is 12.8. The lowest BCUT2D eigenvalue weighted by atomic mass is 9.49. The van der Waals surface area contributed by atoms with E-state index in [1.165, 1.54) is 11.1 Å². The quantitative estimate of drug-likeness (QED) is 0.690. The van der Waals surface area contributed by atoms with Crippen molar-refractivity contribution in [2.45, 2.75) is 59.5 Å². The second-order valence-corrected chi connectivity index (χ2v) is 6.80. The molecule has 2 rings (SSSR count). The molecule has 2 heteroatoms. The summed E-state index contributed by atoms with van der Waals surface area (Å²) < 4.78 is 0. The lowest BCUT2D eigenvalue weighted by molar-refractivity contribution is -0.0908. The fourth-order valence-corrected chi connectivity index (χ4v) is 4.40. The van der Waals surface area contributed by atoms with E-state index in [9.17, 15) is 10.2 Å². The molecule has 0 amide bonds. The molecular formula is C15H26O2. The Kier molecular flexibility index (Phi) is 3.16. The molecule has 1 fully saturated rings. The molecule has 2 aliphatic rings. The lowest BCUT2D eigenvalue weighted by Crippen LogP contribution is -2.52. The third-order valence-corrected chi connectivity index (χ3v) is 5.63. The number of hydrogen-bond acceptors (Lipinski definition) is 2. The molecule has 0 aromatic rings. The maximum Gasteiger partial charge on any atom is 0.0649 e. The molecule has 0 unspecified atom stereocenters. The maximum atomic E-state index is 10.2. The van der Waals surface area contributed by atoms with E-state index in [2.05, 4.69) is 27.7 Å². The molecule has 0 bridgehead atoms. The molecular weight excluding hydrogens is 212 g/mol. The van der Waals surface area contributed by atoms with Gasteiger partial charge in [-0.2, -0.15) is 0 Å². The topological polar surface area (TPSA) is 40.5 Å². The average Bonchev–Trinajstić information content (AvgIpc) is 2.24. The monoisotopic (exact) mass is 238 g/mol. The van der Waals surface area contributed by atoms with Crippen molar-refractivity contribution < 1.29 is 10.2 Å². The van der Waals surface area contributed by atoms with Crippen LogP contribution in [-0.2, 0) is 0 Å². The first-order chi connectivity index (χ1) is 7.84. The fraction of sp³-hybridized carbons (Fsp3) is 0.867. The number of rotatable bonds is 1. The number of hydrogen-bond donors (Lipinski definition) is 2. The SMILES string of the molecule is CC1=C(CO)[C@@]2(C)CC[C@H](O)C(C)(C)[C@@H]2CC1. The molecule has 98 valence electrons. The van der Waals surface area contributed by atoms with Crippen molar-refractivity contribution in [3.8, 4) is 0 Å². The zero-order valence-electron chi connectivity index (χ0n) is 11.6. The molecule has 1 saturated carbocycles. The number of aliphatic hydroxyl groups is 2. The van der Waals surface area contributed by atoms with Gasteiger partial charge in [0.15, 0.2) is 0 Å². The number of allylic oxidation sites excluding steroid dienone is 1. The van der Waals surface area contributed by atoms with Crippen LogP contribution in [0.25, 0.3) is 0 Å². The highest BCUT2D eigenvalue weighted by atomic mass is 16.3. The van der Waals surface area contributed by atoms with Crippen LogP contribution in [0.4, 0.5) is 0 Å². The van der Waals surface area contributed by atoms with Gasteiger partial charge in [-0.1, -0.05) is 26.3 Å². The van der Waals surface area contributed by atoms with Gasteiger partial charge in [-0.25, -0.2) is 0 Å². The van der Waals surface area contributed by atoms with E-state index >= 15 is 0 Å². The molecule has 0 aromatic carbocycles. The first-order valence-electron chi connectivity index (χ1n) is 6.82. The van der Waals surface area contributed by atoms with Crippen LogP contribution in [-0.4, -0.2) is 22.9 Å². The molecule has 0 aliphatic heterocycles. The minimum atomic E-state index is -0.195. The Labute approximate surface area is 105 Å². The summed E-state index contributed by atoms with van der Waals surface area (Å²) in [6, 6.07) is 0. The molecule has 2 N–H and O–H groups in total. The van der Waals surface area contributed by atoms with Gasteiger partial charge in [0.05, 0.1) is 12.7 Å². The lowest BCUT2D eigenvalue weighted by Gasteiger charge is -2.56. The van der Waals surface area contributed by atoms with Crippen LogP contribution < -0.4 is 0 Å². The van der Waals surface area contributed by atoms with Gasteiger partial charge in [0.25, 0.3) is 0 Å². The second-order valence-electron chi connectivity index (χ2n) is 6.80. The molecule has 17 heavy (non-hydrogen) atoms. The standard InChI is InChI=1S/C15H26O2/c1-10-5-6-12-14(2,3)13(17)7-8-15(12,4)11(10)9-16/h12-13,16-17H,5-9H2,1-4H3/t12-,13-,15+/m0/s1. The van der Waals surface area contributed by atoms with Crippen molar-refractivity contribution in [3.63, 3.8) is 0 Å². The van der Waals surface area contributed by atoms with E-state index in [4.69, 9.17) is 0 Å². The van der Waals surface area contributed by atoms with Gasteiger partial charge in [-0.15, -0.1) is 0 Å². The van der Waals surface area contributed by atoms with Crippen LogP contribution in [0, 0.1) is 16.7 Å². The Hall–Kier alpha value is -0.340. The van der Waals surface area contributed by atoms with Crippen molar-refractivity contribution in [1.82, 2.24) is 0 Å². The molecule has 3 atom stereocenters. The zero-order valence-corrected chi connectivity index (χ0v) is 11.6. The second kappa shape index (κ2) is 4.10. The average molecular weight is 238 g/mol. The van der Waals surface area contributed by atoms with Gasteiger partial charge in [0.1, 0.15) is 0 Å². The minimum Gasteiger partial charge on any atom is -0.393 e. The maximum absolute atomic E-state index is 10.2. The predicted molar refractivity (Wildman–Crippen MR) is 69.6 cm³/mol. The normalized spacial score (nSPS) is 41.3. The molecule has 2 nitrogen and oxygen atoms in total. The van der Waals surface area contributed by atoms with E-state index in [1.54, 1.807) is 0 Å². The summed E-state index contributed by atoms with van der Waals surface area (Å²) in [6.45, 7) is 9.01. The van der Waals surface area contributed by atoms with E-state index in [-0.39, 0.29) is 23.5 Å². The van der Waals surface area contributed by atoms with E-state index in [0.717, 1.165) is 25.7 Å². The van der Waals surface area contributed by atoms with Crippen LogP contribution in [0.1, 0.15) is 53.4 Å². The highest BCUT2D eigenvalue weighted by Gasteiger charge is 2.53. The number of fused-ring (bicyclic) bond motifs is 1. The van der Waals surface area contributed by atoms with Crippen LogP contribution in [0.3, 0.4) is 0 Å². The van der Waals surface area contributed by atoms with Gasteiger partial charge in [-0.05, 0) is 54.9 Å². The highest BCUT2D eigenvalue weighted by Crippen LogP contribution is 2.59. The summed E-state index contributed by atoms with van der Waals surface area (Å²) in [5.41, 5.74) is 2.68. The summed E-state index contributed by atoms with van der Waals surface area (Å²) in [4.78, 5) is 0.